The SMILES string of the molecule is CCC(C)Cc1c(C)sc2nc(SCC(=O)N3CCN(c4ncccn4)CC3)[nH]c(=O)c12. The summed E-state index contributed by atoms with van der Waals surface area (Å²) >= 11 is 2.86. The zero-order valence-electron chi connectivity index (χ0n) is 18.6. The number of amides is 1. The molecule has 1 unspecified atom stereocenters. The van der Waals surface area contributed by atoms with Gasteiger partial charge in [-0.25, -0.2) is 15.0 Å². The fraction of sp³-hybridized carbons (Fsp3) is 0.500. The van der Waals surface area contributed by atoms with E-state index in [-0.39, 0.29) is 17.2 Å². The van der Waals surface area contributed by atoms with Crippen molar-refractivity contribution in [3.63, 3.8) is 0 Å². The second kappa shape index (κ2) is 9.99. The number of nitrogens with zero attached hydrogens (tertiary/aromatic N) is 5. The largest absolute Gasteiger partial charge is 0.338 e. The van der Waals surface area contributed by atoms with Crippen molar-refractivity contribution in [2.45, 2.75) is 38.8 Å². The first kappa shape index (κ1) is 22.7. The summed E-state index contributed by atoms with van der Waals surface area (Å²) in [6.45, 7) is 9.09. The Morgan fingerprint density at radius 3 is 2.66 bits per heavy atom. The number of carbonyl (C=O) groups excluding carboxylic acids is 1. The van der Waals surface area contributed by atoms with Crippen molar-refractivity contribution in [3.05, 3.63) is 39.3 Å². The van der Waals surface area contributed by atoms with Gasteiger partial charge in [-0.05, 0) is 30.9 Å². The number of hydrogen-bond acceptors (Lipinski definition) is 8. The van der Waals surface area contributed by atoms with Crippen LogP contribution in [-0.2, 0) is 11.2 Å². The maximum Gasteiger partial charge on any atom is 0.260 e. The van der Waals surface area contributed by atoms with Crippen molar-refractivity contribution in [2.75, 3.05) is 36.8 Å². The van der Waals surface area contributed by atoms with E-state index in [1.165, 1.54) is 11.8 Å². The number of thioether (sulfide) groups is 1. The third-order valence-corrected chi connectivity index (χ3v) is 7.79. The summed E-state index contributed by atoms with van der Waals surface area (Å²) in [5.74, 6) is 1.51. The number of nitrogens with one attached hydrogen (secondary N) is 1. The first-order valence-electron chi connectivity index (χ1n) is 10.9. The highest BCUT2D eigenvalue weighted by Gasteiger charge is 2.23. The Morgan fingerprint density at radius 2 is 1.97 bits per heavy atom. The monoisotopic (exact) mass is 472 g/mol. The molecule has 0 bridgehead atoms. The number of carbonyl (C=O) groups is 1. The number of piperazine rings is 1. The maximum absolute atomic E-state index is 12.8. The summed E-state index contributed by atoms with van der Waals surface area (Å²) in [7, 11) is 0. The summed E-state index contributed by atoms with van der Waals surface area (Å²) in [5.41, 5.74) is 1.00. The summed E-state index contributed by atoms with van der Waals surface area (Å²) in [6, 6.07) is 1.79. The van der Waals surface area contributed by atoms with Gasteiger partial charge in [0.1, 0.15) is 4.83 Å². The normalized spacial score (nSPS) is 15.3. The third kappa shape index (κ3) is 4.96. The zero-order chi connectivity index (χ0) is 22.7. The molecule has 0 aromatic carbocycles. The predicted octanol–water partition coefficient (Wildman–Crippen LogP) is 3.11. The van der Waals surface area contributed by atoms with Crippen LogP contribution < -0.4 is 10.5 Å². The Morgan fingerprint density at radius 1 is 1.25 bits per heavy atom. The highest BCUT2D eigenvalue weighted by atomic mass is 32.2. The molecule has 1 N–H and O–H groups in total. The Labute approximate surface area is 195 Å². The Bertz CT molecular complexity index is 1140. The molecule has 1 atom stereocenters. The van der Waals surface area contributed by atoms with Crippen LogP contribution in [0.25, 0.3) is 10.2 Å². The standard InChI is InChI=1S/C22H28N6O2S2/c1-4-14(2)12-16-15(3)32-20-18(16)19(30)25-22(26-20)31-13-17(29)27-8-10-28(11-9-27)21-23-6-5-7-24-21/h5-7,14H,4,8-13H2,1-3H3,(H,25,26,30). The molecule has 3 aromatic rings. The van der Waals surface area contributed by atoms with Crippen LogP contribution >= 0.6 is 23.1 Å². The van der Waals surface area contributed by atoms with Crippen LogP contribution in [0.3, 0.4) is 0 Å². The Hall–Kier alpha value is -2.46. The minimum atomic E-state index is -0.107. The second-order valence-corrected chi connectivity index (χ2v) is 10.3. The van der Waals surface area contributed by atoms with Gasteiger partial charge in [0.25, 0.3) is 5.56 Å². The van der Waals surface area contributed by atoms with Gasteiger partial charge in [-0.2, -0.15) is 0 Å². The lowest BCUT2D eigenvalue weighted by atomic mass is 9.98. The topological polar surface area (TPSA) is 95.1 Å². The molecular formula is C22H28N6O2S2. The third-order valence-electron chi connectivity index (χ3n) is 5.89. The molecule has 10 heteroatoms. The van der Waals surface area contributed by atoms with E-state index in [1.54, 1.807) is 29.8 Å². The molecule has 32 heavy (non-hydrogen) atoms. The van der Waals surface area contributed by atoms with Gasteiger partial charge in [0.2, 0.25) is 11.9 Å². The lowest BCUT2D eigenvalue weighted by Gasteiger charge is -2.34. The molecule has 4 heterocycles. The lowest BCUT2D eigenvalue weighted by molar-refractivity contribution is -0.128. The predicted molar refractivity (Wildman–Crippen MR) is 130 cm³/mol. The van der Waals surface area contributed by atoms with Crippen LogP contribution in [0.5, 0.6) is 0 Å². The second-order valence-electron chi connectivity index (χ2n) is 8.11. The van der Waals surface area contributed by atoms with Gasteiger partial charge in [0, 0.05) is 43.4 Å². The summed E-state index contributed by atoms with van der Waals surface area (Å²) < 4.78 is 0. The van der Waals surface area contributed by atoms with E-state index in [2.05, 4.69) is 45.6 Å². The Kier molecular flexibility index (Phi) is 7.10. The first-order valence-corrected chi connectivity index (χ1v) is 12.7. The average molecular weight is 473 g/mol. The van der Waals surface area contributed by atoms with Gasteiger partial charge < -0.3 is 14.8 Å². The molecule has 0 spiro atoms. The van der Waals surface area contributed by atoms with Crippen molar-refractivity contribution in [1.82, 2.24) is 24.8 Å². The first-order chi connectivity index (χ1) is 15.5. The highest BCUT2D eigenvalue weighted by Crippen LogP contribution is 2.30. The van der Waals surface area contributed by atoms with E-state index in [0.29, 0.717) is 48.6 Å². The minimum absolute atomic E-state index is 0.0474. The van der Waals surface area contributed by atoms with Crippen LogP contribution in [0.4, 0.5) is 5.95 Å². The van der Waals surface area contributed by atoms with Crippen LogP contribution in [0.15, 0.2) is 28.4 Å². The molecule has 0 aliphatic carbocycles. The van der Waals surface area contributed by atoms with Gasteiger partial charge in [-0.1, -0.05) is 32.0 Å². The number of aryl methyl sites for hydroxylation is 1. The fourth-order valence-corrected chi connectivity index (χ4v) is 5.67. The van der Waals surface area contributed by atoms with Crippen LogP contribution in [0.1, 0.15) is 30.7 Å². The molecule has 1 amide bonds. The molecule has 0 radical (unpaired) electrons. The zero-order valence-corrected chi connectivity index (χ0v) is 20.3. The summed E-state index contributed by atoms with van der Waals surface area (Å²) in [6.07, 6.45) is 5.41. The number of hydrogen-bond donors (Lipinski definition) is 1. The van der Waals surface area contributed by atoms with E-state index in [1.807, 2.05) is 4.90 Å². The van der Waals surface area contributed by atoms with E-state index < -0.39 is 0 Å². The van der Waals surface area contributed by atoms with Crippen molar-refractivity contribution in [3.8, 4) is 0 Å². The van der Waals surface area contributed by atoms with Crippen LogP contribution in [0, 0.1) is 12.8 Å². The molecule has 1 aliphatic rings. The van der Waals surface area contributed by atoms with E-state index >= 15 is 0 Å². The Balaban J connectivity index is 1.38. The summed E-state index contributed by atoms with van der Waals surface area (Å²) in [5, 5.41) is 1.21. The molecular weight excluding hydrogens is 444 g/mol. The maximum atomic E-state index is 12.8. The molecule has 1 fully saturated rings. The van der Waals surface area contributed by atoms with E-state index in [4.69, 9.17) is 0 Å². The molecule has 3 aromatic heterocycles. The molecule has 1 saturated heterocycles. The van der Waals surface area contributed by atoms with Crippen molar-refractivity contribution in [2.24, 2.45) is 5.92 Å². The number of aromatic amines is 1. The van der Waals surface area contributed by atoms with Gasteiger partial charge >= 0.3 is 0 Å². The summed E-state index contributed by atoms with van der Waals surface area (Å²) in [4.78, 5) is 47.5. The smallest absolute Gasteiger partial charge is 0.260 e. The number of thiophene rings is 1. The van der Waals surface area contributed by atoms with Gasteiger partial charge in [0.15, 0.2) is 5.16 Å². The average Bonchev–Trinajstić information content (AvgIpc) is 3.13. The minimum Gasteiger partial charge on any atom is -0.338 e. The molecule has 170 valence electrons. The van der Waals surface area contributed by atoms with Crippen molar-refractivity contribution < 1.29 is 4.79 Å². The quantitative estimate of drug-likeness (QED) is 0.417. The van der Waals surface area contributed by atoms with Crippen LogP contribution in [0.2, 0.25) is 0 Å². The molecule has 4 rings (SSSR count). The highest BCUT2D eigenvalue weighted by molar-refractivity contribution is 7.99. The van der Waals surface area contributed by atoms with E-state index in [9.17, 15) is 9.59 Å². The lowest BCUT2D eigenvalue weighted by Crippen LogP contribution is -2.49. The van der Waals surface area contributed by atoms with Crippen molar-refractivity contribution in [1.29, 1.82) is 0 Å². The molecule has 8 nitrogen and oxygen atoms in total. The van der Waals surface area contributed by atoms with E-state index in [0.717, 1.165) is 28.1 Å². The number of anilines is 1. The number of fused-ring (bicyclic) bond motifs is 1. The fourth-order valence-electron chi connectivity index (χ4n) is 3.79. The van der Waals surface area contributed by atoms with Crippen molar-refractivity contribution >= 4 is 45.2 Å². The van der Waals surface area contributed by atoms with Gasteiger partial charge in [-0.15, -0.1) is 11.3 Å². The molecule has 1 aliphatic heterocycles. The number of aromatic nitrogens is 4. The van der Waals surface area contributed by atoms with Crippen LogP contribution in [-0.4, -0.2) is 62.7 Å². The number of rotatable bonds is 7. The number of H-pyrrole nitrogens is 1. The van der Waals surface area contributed by atoms with Gasteiger partial charge in [-0.3, -0.25) is 9.59 Å². The molecule has 0 saturated carbocycles. The van der Waals surface area contributed by atoms with Gasteiger partial charge in [0.05, 0.1) is 11.1 Å².